The van der Waals surface area contributed by atoms with Gasteiger partial charge in [0.2, 0.25) is 5.95 Å². The first-order valence-corrected chi connectivity index (χ1v) is 7.03. The van der Waals surface area contributed by atoms with Crippen LogP contribution in [0.5, 0.6) is 0 Å². The number of hydrogen-bond acceptors (Lipinski definition) is 3. The predicted octanol–water partition coefficient (Wildman–Crippen LogP) is 3.91. The molecule has 2 unspecified atom stereocenters. The SMILES string of the molecule is Nc1nc2n(n1)C(C(F)(F)F)CCC2c1cccc(C(F)(F)F)c1. The largest absolute Gasteiger partial charge is 0.416 e. The standard InChI is InChI=1S/C14H12F6N4/c15-13(16,17)8-3-1-2-7(6-8)9-4-5-10(14(18,19)20)24-11(9)22-12(21)23-24/h1-3,6,9-10H,4-5H2,(H2,21,23). The van der Waals surface area contributed by atoms with E-state index in [2.05, 4.69) is 10.1 Å². The van der Waals surface area contributed by atoms with E-state index in [-0.39, 0.29) is 30.2 Å². The van der Waals surface area contributed by atoms with E-state index in [4.69, 9.17) is 5.73 Å². The average Bonchev–Trinajstić information content (AvgIpc) is 2.85. The summed E-state index contributed by atoms with van der Waals surface area (Å²) in [5.41, 5.74) is 4.78. The fourth-order valence-electron chi connectivity index (χ4n) is 2.95. The van der Waals surface area contributed by atoms with Gasteiger partial charge in [-0.05, 0) is 24.5 Å². The molecule has 1 aromatic heterocycles. The number of anilines is 1. The highest BCUT2D eigenvalue weighted by Gasteiger charge is 2.46. The molecule has 0 bridgehead atoms. The molecule has 3 rings (SSSR count). The molecular formula is C14H12F6N4. The summed E-state index contributed by atoms with van der Waals surface area (Å²) in [5, 5.41) is 3.59. The number of alkyl halides is 6. The number of nitrogen functional groups attached to an aromatic ring is 1. The molecule has 24 heavy (non-hydrogen) atoms. The molecule has 0 fully saturated rings. The third-order valence-corrected chi connectivity index (χ3v) is 4.00. The van der Waals surface area contributed by atoms with Crippen molar-refractivity contribution in [2.75, 3.05) is 5.73 Å². The minimum atomic E-state index is -4.54. The van der Waals surface area contributed by atoms with Crippen LogP contribution in [-0.4, -0.2) is 20.9 Å². The summed E-state index contributed by atoms with van der Waals surface area (Å²) in [7, 11) is 0. The molecule has 0 saturated heterocycles. The fourth-order valence-corrected chi connectivity index (χ4v) is 2.95. The van der Waals surface area contributed by atoms with Gasteiger partial charge in [0.25, 0.3) is 0 Å². The molecule has 10 heteroatoms. The number of nitrogens with two attached hydrogens (primary N) is 1. The highest BCUT2D eigenvalue weighted by atomic mass is 19.4. The average molecular weight is 350 g/mol. The molecule has 0 saturated carbocycles. The van der Waals surface area contributed by atoms with Crippen LogP contribution in [0.4, 0.5) is 32.3 Å². The van der Waals surface area contributed by atoms with Gasteiger partial charge in [-0.25, -0.2) is 4.68 Å². The Balaban J connectivity index is 2.04. The number of aromatic nitrogens is 3. The molecule has 2 N–H and O–H groups in total. The van der Waals surface area contributed by atoms with Gasteiger partial charge in [0.15, 0.2) is 0 Å². The van der Waals surface area contributed by atoms with Gasteiger partial charge in [0, 0.05) is 5.92 Å². The van der Waals surface area contributed by atoms with E-state index in [0.29, 0.717) is 4.68 Å². The second-order valence-corrected chi connectivity index (χ2v) is 5.58. The van der Waals surface area contributed by atoms with Crippen molar-refractivity contribution in [3.8, 4) is 0 Å². The van der Waals surface area contributed by atoms with Crippen molar-refractivity contribution in [2.24, 2.45) is 0 Å². The minimum Gasteiger partial charge on any atom is -0.366 e. The molecule has 1 aliphatic heterocycles. The van der Waals surface area contributed by atoms with Gasteiger partial charge in [-0.2, -0.15) is 31.3 Å². The molecular weight excluding hydrogens is 338 g/mol. The molecule has 1 aliphatic rings. The second-order valence-electron chi connectivity index (χ2n) is 5.58. The molecule has 0 radical (unpaired) electrons. The number of rotatable bonds is 1. The molecule has 1 aromatic carbocycles. The lowest BCUT2D eigenvalue weighted by Crippen LogP contribution is -2.33. The predicted molar refractivity (Wildman–Crippen MR) is 72.0 cm³/mol. The van der Waals surface area contributed by atoms with E-state index in [9.17, 15) is 26.3 Å². The Bertz CT molecular complexity index is 748. The number of hydrogen-bond donors (Lipinski definition) is 1. The zero-order valence-corrected chi connectivity index (χ0v) is 12.1. The summed E-state index contributed by atoms with van der Waals surface area (Å²) in [6, 6.07) is 2.61. The summed E-state index contributed by atoms with van der Waals surface area (Å²) in [6.45, 7) is 0. The molecule has 0 aliphatic carbocycles. The van der Waals surface area contributed by atoms with Gasteiger partial charge in [-0.15, -0.1) is 5.10 Å². The highest BCUT2D eigenvalue weighted by Crippen LogP contribution is 2.44. The second kappa shape index (κ2) is 5.38. The summed E-state index contributed by atoms with van der Waals surface area (Å²) in [4.78, 5) is 3.81. The van der Waals surface area contributed by atoms with Crippen LogP contribution >= 0.6 is 0 Å². The molecule has 2 atom stereocenters. The monoisotopic (exact) mass is 350 g/mol. The van der Waals surface area contributed by atoms with Gasteiger partial charge < -0.3 is 5.73 Å². The van der Waals surface area contributed by atoms with Crippen molar-refractivity contribution in [3.05, 3.63) is 41.2 Å². The van der Waals surface area contributed by atoms with E-state index < -0.39 is 29.9 Å². The van der Waals surface area contributed by atoms with Crippen LogP contribution in [0.2, 0.25) is 0 Å². The van der Waals surface area contributed by atoms with E-state index in [1.807, 2.05) is 0 Å². The van der Waals surface area contributed by atoms with Gasteiger partial charge in [-0.1, -0.05) is 18.2 Å². The summed E-state index contributed by atoms with van der Waals surface area (Å²) in [6.07, 6.45) is -9.37. The first-order valence-electron chi connectivity index (χ1n) is 7.03. The normalized spacial score (nSPS) is 21.6. The third-order valence-electron chi connectivity index (χ3n) is 4.00. The van der Waals surface area contributed by atoms with Crippen molar-refractivity contribution in [2.45, 2.75) is 37.2 Å². The summed E-state index contributed by atoms with van der Waals surface area (Å²) < 4.78 is 78.5. The van der Waals surface area contributed by atoms with Crippen LogP contribution in [0.1, 0.15) is 41.8 Å². The van der Waals surface area contributed by atoms with Crippen molar-refractivity contribution in [3.63, 3.8) is 0 Å². The van der Waals surface area contributed by atoms with E-state index in [1.54, 1.807) is 0 Å². The van der Waals surface area contributed by atoms with Crippen molar-refractivity contribution in [1.82, 2.24) is 14.8 Å². The zero-order chi connectivity index (χ0) is 17.7. The Labute approximate surface area is 132 Å². The summed E-state index contributed by atoms with van der Waals surface area (Å²) in [5.74, 6) is -1.13. The van der Waals surface area contributed by atoms with E-state index in [0.717, 1.165) is 12.1 Å². The lowest BCUT2D eigenvalue weighted by atomic mass is 9.87. The van der Waals surface area contributed by atoms with Crippen molar-refractivity contribution >= 4 is 5.95 Å². The Morgan fingerprint density at radius 2 is 1.79 bits per heavy atom. The van der Waals surface area contributed by atoms with Crippen LogP contribution < -0.4 is 5.73 Å². The van der Waals surface area contributed by atoms with Crippen molar-refractivity contribution < 1.29 is 26.3 Å². The smallest absolute Gasteiger partial charge is 0.366 e. The van der Waals surface area contributed by atoms with Crippen LogP contribution in [0, 0.1) is 0 Å². The van der Waals surface area contributed by atoms with Crippen LogP contribution in [0.3, 0.4) is 0 Å². The van der Waals surface area contributed by atoms with Gasteiger partial charge in [0.1, 0.15) is 11.9 Å². The van der Waals surface area contributed by atoms with Crippen LogP contribution in [0.25, 0.3) is 0 Å². The first kappa shape index (κ1) is 16.6. The topological polar surface area (TPSA) is 56.7 Å². The van der Waals surface area contributed by atoms with E-state index in [1.165, 1.54) is 12.1 Å². The van der Waals surface area contributed by atoms with E-state index >= 15 is 0 Å². The van der Waals surface area contributed by atoms with Crippen molar-refractivity contribution in [1.29, 1.82) is 0 Å². The minimum absolute atomic E-state index is 0.00359. The molecule has 0 amide bonds. The third kappa shape index (κ3) is 2.92. The van der Waals surface area contributed by atoms with Gasteiger partial charge in [0.05, 0.1) is 5.56 Å². The Hall–Kier alpha value is -2.26. The number of halogens is 6. The number of nitrogens with zero attached hydrogens (tertiary/aromatic N) is 3. The molecule has 4 nitrogen and oxygen atoms in total. The molecule has 0 spiro atoms. The maximum atomic E-state index is 13.1. The van der Waals surface area contributed by atoms with Crippen LogP contribution in [0.15, 0.2) is 24.3 Å². The number of fused-ring (bicyclic) bond motifs is 1. The Morgan fingerprint density at radius 3 is 2.42 bits per heavy atom. The summed E-state index contributed by atoms with van der Waals surface area (Å²) >= 11 is 0. The quantitative estimate of drug-likeness (QED) is 0.794. The maximum absolute atomic E-state index is 13.1. The van der Waals surface area contributed by atoms with Gasteiger partial charge in [-0.3, -0.25) is 0 Å². The Morgan fingerprint density at radius 1 is 1.08 bits per heavy atom. The van der Waals surface area contributed by atoms with Gasteiger partial charge >= 0.3 is 12.4 Å². The highest BCUT2D eigenvalue weighted by molar-refractivity contribution is 5.34. The molecule has 130 valence electrons. The lowest BCUT2D eigenvalue weighted by molar-refractivity contribution is -0.175. The number of benzene rings is 1. The lowest BCUT2D eigenvalue weighted by Gasteiger charge is -2.30. The zero-order valence-electron chi connectivity index (χ0n) is 12.1. The molecule has 2 heterocycles. The fraction of sp³-hybridized carbons (Fsp3) is 0.429. The Kier molecular flexibility index (Phi) is 3.72. The first-order chi connectivity index (χ1) is 11.1. The maximum Gasteiger partial charge on any atom is 0.416 e. The van der Waals surface area contributed by atoms with Crippen LogP contribution in [-0.2, 0) is 6.18 Å². The molecule has 2 aromatic rings.